The molecule has 0 radical (unpaired) electrons. The van der Waals surface area contributed by atoms with Gasteiger partial charge in [-0.15, -0.1) is 0 Å². The summed E-state index contributed by atoms with van der Waals surface area (Å²) in [5.74, 6) is 2.48. The highest BCUT2D eigenvalue weighted by atomic mass is 35.5. The molecule has 0 aromatic carbocycles. The summed E-state index contributed by atoms with van der Waals surface area (Å²) in [6.45, 7) is 9.73. The van der Waals surface area contributed by atoms with Crippen molar-refractivity contribution in [1.29, 1.82) is 0 Å². The molecule has 1 saturated heterocycles. The fraction of sp³-hybridized carbons (Fsp3) is 0.800. The molecule has 1 aliphatic heterocycles. The highest BCUT2D eigenvalue weighted by Crippen LogP contribution is 2.42. The van der Waals surface area contributed by atoms with Crippen molar-refractivity contribution in [1.82, 2.24) is 15.1 Å². The van der Waals surface area contributed by atoms with Gasteiger partial charge in [-0.3, -0.25) is 4.68 Å². The molecule has 1 fully saturated rings. The number of rotatable bonds is 6. The SMILES string of the molecule is CCNC(c1c(Cl)cnn1C(C)C)C1SCCSC1CC. The second-order valence-electron chi connectivity index (χ2n) is 5.60. The molecule has 0 aliphatic carbocycles. The summed E-state index contributed by atoms with van der Waals surface area (Å²) >= 11 is 10.7. The lowest BCUT2D eigenvalue weighted by atomic mass is 10.0. The summed E-state index contributed by atoms with van der Waals surface area (Å²) in [4.78, 5) is 0. The number of thioether (sulfide) groups is 2. The first-order valence-corrected chi connectivity index (χ1v) is 10.3. The minimum atomic E-state index is 0.273. The predicted molar refractivity (Wildman–Crippen MR) is 96.8 cm³/mol. The minimum Gasteiger partial charge on any atom is -0.308 e. The molecular weight excluding hydrogens is 322 g/mol. The normalized spacial score (nSPS) is 24.5. The van der Waals surface area contributed by atoms with Crippen LogP contribution in [-0.4, -0.2) is 38.3 Å². The average molecular weight is 348 g/mol. The summed E-state index contributed by atoms with van der Waals surface area (Å²) < 4.78 is 2.09. The summed E-state index contributed by atoms with van der Waals surface area (Å²) in [5.41, 5.74) is 1.16. The molecule has 3 unspecified atom stereocenters. The average Bonchev–Trinajstić information content (AvgIpc) is 2.86. The van der Waals surface area contributed by atoms with Gasteiger partial charge >= 0.3 is 0 Å². The van der Waals surface area contributed by atoms with E-state index < -0.39 is 0 Å². The first-order valence-electron chi connectivity index (χ1n) is 7.79. The Labute approximate surface area is 142 Å². The maximum absolute atomic E-state index is 6.49. The van der Waals surface area contributed by atoms with Crippen LogP contribution >= 0.6 is 35.1 Å². The number of nitrogens with one attached hydrogen (secondary N) is 1. The lowest BCUT2D eigenvalue weighted by Gasteiger charge is -2.37. The van der Waals surface area contributed by atoms with Gasteiger partial charge in [0.1, 0.15) is 0 Å². The van der Waals surface area contributed by atoms with Crippen LogP contribution in [0.1, 0.15) is 51.9 Å². The Morgan fingerprint density at radius 3 is 2.71 bits per heavy atom. The Hall–Kier alpha value is 0.160. The van der Waals surface area contributed by atoms with Gasteiger partial charge in [-0.05, 0) is 26.8 Å². The quantitative estimate of drug-likeness (QED) is 0.826. The molecular formula is C15H26ClN3S2. The lowest BCUT2D eigenvalue weighted by Crippen LogP contribution is -2.40. The van der Waals surface area contributed by atoms with Gasteiger partial charge in [-0.2, -0.15) is 28.6 Å². The number of hydrogen-bond acceptors (Lipinski definition) is 4. The van der Waals surface area contributed by atoms with E-state index in [2.05, 4.69) is 66.3 Å². The molecule has 1 aromatic rings. The van der Waals surface area contributed by atoms with Gasteiger partial charge in [-0.25, -0.2) is 0 Å². The van der Waals surface area contributed by atoms with Crippen molar-refractivity contribution >= 4 is 35.1 Å². The first-order chi connectivity index (χ1) is 10.1. The Bertz CT molecular complexity index is 450. The van der Waals surface area contributed by atoms with Gasteiger partial charge in [0, 0.05) is 28.0 Å². The molecule has 0 bridgehead atoms. The molecule has 3 nitrogen and oxygen atoms in total. The molecule has 0 amide bonds. The molecule has 2 rings (SSSR count). The van der Waals surface area contributed by atoms with Gasteiger partial charge in [-0.1, -0.05) is 25.4 Å². The number of hydrogen-bond donors (Lipinski definition) is 1. The Morgan fingerprint density at radius 2 is 2.10 bits per heavy atom. The van der Waals surface area contributed by atoms with Crippen molar-refractivity contribution in [2.45, 2.75) is 56.7 Å². The van der Waals surface area contributed by atoms with Gasteiger partial charge in [0.05, 0.1) is 23.0 Å². The van der Waals surface area contributed by atoms with Crippen molar-refractivity contribution in [3.05, 3.63) is 16.9 Å². The van der Waals surface area contributed by atoms with Crippen molar-refractivity contribution in [2.75, 3.05) is 18.1 Å². The third-order valence-electron chi connectivity index (χ3n) is 3.82. The Balaban J connectivity index is 2.36. The molecule has 1 aliphatic rings. The fourth-order valence-corrected chi connectivity index (χ4v) is 6.36. The molecule has 0 spiro atoms. The second kappa shape index (κ2) is 8.14. The maximum Gasteiger partial charge on any atom is 0.0834 e. The van der Waals surface area contributed by atoms with E-state index in [1.807, 2.05) is 0 Å². The van der Waals surface area contributed by atoms with Crippen molar-refractivity contribution in [2.24, 2.45) is 0 Å². The van der Waals surface area contributed by atoms with Crippen LogP contribution in [0.15, 0.2) is 6.20 Å². The van der Waals surface area contributed by atoms with Gasteiger partial charge in [0.15, 0.2) is 0 Å². The van der Waals surface area contributed by atoms with Crippen molar-refractivity contribution in [3.8, 4) is 0 Å². The van der Waals surface area contributed by atoms with E-state index >= 15 is 0 Å². The zero-order valence-electron chi connectivity index (χ0n) is 13.3. The Morgan fingerprint density at radius 1 is 1.38 bits per heavy atom. The molecule has 6 heteroatoms. The van der Waals surface area contributed by atoms with Crippen LogP contribution in [0, 0.1) is 0 Å². The largest absolute Gasteiger partial charge is 0.308 e. The lowest BCUT2D eigenvalue weighted by molar-refractivity contribution is 0.435. The Kier molecular flexibility index (Phi) is 6.79. The molecule has 0 saturated carbocycles. The molecule has 1 aromatic heterocycles. The number of halogens is 1. The zero-order chi connectivity index (χ0) is 15.4. The first kappa shape index (κ1) is 17.5. The predicted octanol–water partition coefficient (Wildman–Crippen LogP) is 4.40. The number of aromatic nitrogens is 2. The van der Waals surface area contributed by atoms with Crippen LogP contribution in [0.3, 0.4) is 0 Å². The highest BCUT2D eigenvalue weighted by Gasteiger charge is 2.35. The van der Waals surface area contributed by atoms with Crippen LogP contribution in [0.5, 0.6) is 0 Å². The smallest absolute Gasteiger partial charge is 0.0834 e. The van der Waals surface area contributed by atoms with Crippen molar-refractivity contribution in [3.63, 3.8) is 0 Å². The molecule has 2 heterocycles. The molecule has 3 atom stereocenters. The van der Waals surface area contributed by atoms with E-state index in [0.717, 1.165) is 17.3 Å². The van der Waals surface area contributed by atoms with Crippen LogP contribution in [0.4, 0.5) is 0 Å². The number of nitrogens with zero attached hydrogens (tertiary/aromatic N) is 2. The van der Waals surface area contributed by atoms with Gasteiger partial charge in [0.25, 0.3) is 0 Å². The summed E-state index contributed by atoms with van der Waals surface area (Å²) in [7, 11) is 0. The van der Waals surface area contributed by atoms with E-state index in [0.29, 0.717) is 16.5 Å². The fourth-order valence-electron chi connectivity index (χ4n) is 2.89. The maximum atomic E-state index is 6.49. The monoisotopic (exact) mass is 347 g/mol. The topological polar surface area (TPSA) is 29.9 Å². The van der Waals surface area contributed by atoms with Crippen LogP contribution in [-0.2, 0) is 0 Å². The molecule has 120 valence electrons. The van der Waals surface area contributed by atoms with E-state index in [1.54, 1.807) is 6.20 Å². The van der Waals surface area contributed by atoms with E-state index in [9.17, 15) is 0 Å². The minimum absolute atomic E-state index is 0.273. The van der Waals surface area contributed by atoms with Gasteiger partial charge < -0.3 is 5.32 Å². The van der Waals surface area contributed by atoms with Crippen LogP contribution in [0.2, 0.25) is 5.02 Å². The van der Waals surface area contributed by atoms with Crippen LogP contribution < -0.4 is 5.32 Å². The third kappa shape index (κ3) is 3.92. The zero-order valence-corrected chi connectivity index (χ0v) is 15.7. The summed E-state index contributed by atoms with van der Waals surface area (Å²) in [6, 6.07) is 0.602. The summed E-state index contributed by atoms with van der Waals surface area (Å²) in [5, 5.41) is 10.2. The highest BCUT2D eigenvalue weighted by molar-refractivity contribution is 8.07. The second-order valence-corrected chi connectivity index (χ2v) is 8.64. The van der Waals surface area contributed by atoms with Crippen molar-refractivity contribution < 1.29 is 0 Å². The van der Waals surface area contributed by atoms with E-state index in [4.69, 9.17) is 11.6 Å². The molecule has 1 N–H and O–H groups in total. The molecule has 21 heavy (non-hydrogen) atoms. The standard InChI is InChI=1S/C15H26ClN3S2/c1-5-12-15(21-8-7-20-12)13(17-6-2)14-11(16)9-18-19(14)10(3)4/h9-10,12-13,15,17H,5-8H2,1-4H3. The summed E-state index contributed by atoms with van der Waals surface area (Å²) in [6.07, 6.45) is 3.00. The van der Waals surface area contributed by atoms with E-state index in [-0.39, 0.29) is 6.04 Å². The third-order valence-corrected chi connectivity index (χ3v) is 7.46. The van der Waals surface area contributed by atoms with E-state index in [1.165, 1.54) is 17.9 Å². The van der Waals surface area contributed by atoms with Gasteiger partial charge in [0.2, 0.25) is 0 Å². The van der Waals surface area contributed by atoms with Crippen LogP contribution in [0.25, 0.3) is 0 Å².